The predicted molar refractivity (Wildman–Crippen MR) is 68.5 cm³/mol. The summed E-state index contributed by atoms with van der Waals surface area (Å²) in [5.41, 5.74) is 2.38. The van der Waals surface area contributed by atoms with Crippen molar-refractivity contribution in [1.29, 1.82) is 0 Å². The molecule has 17 heavy (non-hydrogen) atoms. The fourth-order valence-corrected chi connectivity index (χ4v) is 2.76. The third kappa shape index (κ3) is 2.21. The number of hydrogen-bond donors (Lipinski definition) is 0. The molecule has 2 rings (SSSR count). The lowest BCUT2D eigenvalue weighted by Gasteiger charge is -2.34. The first-order valence-corrected chi connectivity index (χ1v) is 6.21. The van der Waals surface area contributed by atoms with Crippen molar-refractivity contribution in [3.8, 4) is 5.75 Å². The molecular weight excluding hydrogens is 212 g/mol. The second kappa shape index (κ2) is 4.52. The zero-order chi connectivity index (χ0) is 12.5. The number of methoxy groups -OCH3 is 1. The van der Waals surface area contributed by atoms with Crippen LogP contribution in [0.25, 0.3) is 0 Å². The van der Waals surface area contributed by atoms with Crippen molar-refractivity contribution >= 4 is 6.29 Å². The summed E-state index contributed by atoms with van der Waals surface area (Å²) in [5.74, 6) is 1.20. The Morgan fingerprint density at radius 3 is 2.82 bits per heavy atom. The molecule has 0 N–H and O–H groups in total. The molecule has 2 nitrogen and oxygen atoms in total. The van der Waals surface area contributed by atoms with Gasteiger partial charge in [0.2, 0.25) is 0 Å². The SMILES string of the molecule is COc1ccc2c(c1)C(C(C)(C)C=O)CCC2. The highest BCUT2D eigenvalue weighted by Crippen LogP contribution is 2.43. The standard InChI is InChI=1S/C15H20O2/c1-15(2,10-16)14-6-4-5-11-7-8-12(17-3)9-13(11)14/h7-10,14H,4-6H2,1-3H3. The van der Waals surface area contributed by atoms with Crippen molar-refractivity contribution in [2.75, 3.05) is 7.11 Å². The molecule has 1 unspecified atom stereocenters. The first kappa shape index (κ1) is 12.2. The summed E-state index contributed by atoms with van der Waals surface area (Å²) in [6.07, 6.45) is 4.46. The van der Waals surface area contributed by atoms with E-state index in [9.17, 15) is 4.79 Å². The summed E-state index contributed by atoms with van der Waals surface area (Å²) in [5, 5.41) is 0. The molecular formula is C15H20O2. The largest absolute Gasteiger partial charge is 0.497 e. The number of carbonyl (C=O) groups is 1. The first-order chi connectivity index (χ1) is 8.08. The van der Waals surface area contributed by atoms with E-state index in [-0.39, 0.29) is 5.41 Å². The topological polar surface area (TPSA) is 26.3 Å². The maximum atomic E-state index is 11.3. The number of ether oxygens (including phenoxy) is 1. The fourth-order valence-electron chi connectivity index (χ4n) is 2.76. The Morgan fingerprint density at radius 1 is 1.41 bits per heavy atom. The number of hydrogen-bond acceptors (Lipinski definition) is 2. The predicted octanol–water partition coefficient (Wildman–Crippen LogP) is 3.34. The molecule has 1 atom stereocenters. The number of benzene rings is 1. The molecule has 0 amide bonds. The van der Waals surface area contributed by atoms with Crippen molar-refractivity contribution in [3.63, 3.8) is 0 Å². The lowest BCUT2D eigenvalue weighted by Crippen LogP contribution is -2.27. The van der Waals surface area contributed by atoms with Crippen LogP contribution in [0, 0.1) is 5.41 Å². The molecule has 0 bridgehead atoms. The Balaban J connectivity index is 2.45. The molecule has 92 valence electrons. The van der Waals surface area contributed by atoms with E-state index >= 15 is 0 Å². The van der Waals surface area contributed by atoms with E-state index in [1.165, 1.54) is 17.5 Å². The monoisotopic (exact) mass is 232 g/mol. The molecule has 0 heterocycles. The minimum Gasteiger partial charge on any atom is -0.497 e. The molecule has 1 aromatic carbocycles. The van der Waals surface area contributed by atoms with Gasteiger partial charge in [-0.3, -0.25) is 0 Å². The highest BCUT2D eigenvalue weighted by Gasteiger charge is 2.33. The lowest BCUT2D eigenvalue weighted by molar-refractivity contribution is -0.115. The second-order valence-corrected chi connectivity index (χ2v) is 5.45. The van der Waals surface area contributed by atoms with Gasteiger partial charge in [0, 0.05) is 5.41 Å². The van der Waals surface area contributed by atoms with E-state index < -0.39 is 0 Å². The van der Waals surface area contributed by atoms with Gasteiger partial charge >= 0.3 is 0 Å². The van der Waals surface area contributed by atoms with Crippen LogP contribution in [0.15, 0.2) is 18.2 Å². The summed E-state index contributed by atoms with van der Waals surface area (Å²) in [6, 6.07) is 6.25. The van der Waals surface area contributed by atoms with Gasteiger partial charge in [-0.15, -0.1) is 0 Å². The summed E-state index contributed by atoms with van der Waals surface area (Å²) in [7, 11) is 1.68. The van der Waals surface area contributed by atoms with Gasteiger partial charge in [-0.25, -0.2) is 0 Å². The Morgan fingerprint density at radius 2 is 2.18 bits per heavy atom. The average molecular weight is 232 g/mol. The van der Waals surface area contributed by atoms with Gasteiger partial charge in [0.05, 0.1) is 7.11 Å². The molecule has 1 aromatic rings. The highest BCUT2D eigenvalue weighted by molar-refractivity contribution is 5.61. The van der Waals surface area contributed by atoms with Crippen LogP contribution in [0.1, 0.15) is 43.7 Å². The quantitative estimate of drug-likeness (QED) is 0.747. The van der Waals surface area contributed by atoms with Crippen molar-refractivity contribution in [3.05, 3.63) is 29.3 Å². The minimum atomic E-state index is -0.290. The summed E-state index contributed by atoms with van der Waals surface area (Å²) in [4.78, 5) is 11.3. The first-order valence-electron chi connectivity index (χ1n) is 6.21. The smallest absolute Gasteiger partial charge is 0.126 e. The van der Waals surface area contributed by atoms with Gasteiger partial charge in [0.15, 0.2) is 0 Å². The van der Waals surface area contributed by atoms with Crippen LogP contribution < -0.4 is 4.74 Å². The molecule has 0 fully saturated rings. The lowest BCUT2D eigenvalue weighted by atomic mass is 9.69. The van der Waals surface area contributed by atoms with E-state index in [2.05, 4.69) is 12.1 Å². The van der Waals surface area contributed by atoms with Crippen LogP contribution in [0.2, 0.25) is 0 Å². The van der Waals surface area contributed by atoms with Gasteiger partial charge in [0.1, 0.15) is 12.0 Å². The molecule has 1 aliphatic carbocycles. The molecule has 0 saturated carbocycles. The normalized spacial score (nSPS) is 19.6. The van der Waals surface area contributed by atoms with Crippen LogP contribution in [-0.2, 0) is 11.2 Å². The second-order valence-electron chi connectivity index (χ2n) is 5.45. The van der Waals surface area contributed by atoms with Gasteiger partial charge in [0.25, 0.3) is 0 Å². The van der Waals surface area contributed by atoms with Crippen LogP contribution in [0.5, 0.6) is 5.75 Å². The third-order valence-corrected chi connectivity index (χ3v) is 3.87. The van der Waals surface area contributed by atoms with Gasteiger partial charge in [-0.1, -0.05) is 19.9 Å². The number of aryl methyl sites for hydroxylation is 1. The maximum absolute atomic E-state index is 11.3. The molecule has 0 spiro atoms. The van der Waals surface area contributed by atoms with Crippen LogP contribution in [0.4, 0.5) is 0 Å². The Hall–Kier alpha value is -1.31. The number of rotatable bonds is 3. The van der Waals surface area contributed by atoms with Crippen molar-refractivity contribution in [1.82, 2.24) is 0 Å². The van der Waals surface area contributed by atoms with E-state index in [0.29, 0.717) is 5.92 Å². The van der Waals surface area contributed by atoms with Gasteiger partial charge in [-0.05, 0) is 48.4 Å². The Labute approximate surface area is 103 Å². The zero-order valence-electron chi connectivity index (χ0n) is 10.8. The number of carbonyl (C=O) groups excluding carboxylic acids is 1. The Kier molecular flexibility index (Phi) is 3.23. The fraction of sp³-hybridized carbons (Fsp3) is 0.533. The minimum absolute atomic E-state index is 0.290. The molecule has 0 radical (unpaired) electrons. The summed E-state index contributed by atoms with van der Waals surface area (Å²) in [6.45, 7) is 4.05. The maximum Gasteiger partial charge on any atom is 0.126 e. The molecule has 0 saturated heterocycles. The van der Waals surface area contributed by atoms with Crippen molar-refractivity contribution in [2.45, 2.75) is 39.0 Å². The molecule has 1 aliphatic rings. The third-order valence-electron chi connectivity index (χ3n) is 3.87. The van der Waals surface area contributed by atoms with E-state index in [4.69, 9.17) is 4.74 Å². The number of aldehydes is 1. The summed E-state index contributed by atoms with van der Waals surface area (Å²) >= 11 is 0. The molecule has 0 aromatic heterocycles. The van der Waals surface area contributed by atoms with Crippen LogP contribution in [-0.4, -0.2) is 13.4 Å². The van der Waals surface area contributed by atoms with Crippen LogP contribution in [0.3, 0.4) is 0 Å². The van der Waals surface area contributed by atoms with Gasteiger partial charge in [-0.2, -0.15) is 0 Å². The van der Waals surface area contributed by atoms with Crippen molar-refractivity contribution < 1.29 is 9.53 Å². The van der Waals surface area contributed by atoms with Crippen LogP contribution >= 0.6 is 0 Å². The van der Waals surface area contributed by atoms with E-state index in [1.807, 2.05) is 19.9 Å². The zero-order valence-corrected chi connectivity index (χ0v) is 10.8. The Bertz CT molecular complexity index is 421. The molecule has 2 heteroatoms. The van der Waals surface area contributed by atoms with E-state index in [0.717, 1.165) is 24.9 Å². The summed E-state index contributed by atoms with van der Waals surface area (Å²) < 4.78 is 5.29. The number of fused-ring (bicyclic) bond motifs is 1. The van der Waals surface area contributed by atoms with Crippen molar-refractivity contribution in [2.24, 2.45) is 5.41 Å². The van der Waals surface area contributed by atoms with Gasteiger partial charge < -0.3 is 9.53 Å². The van der Waals surface area contributed by atoms with E-state index in [1.54, 1.807) is 7.11 Å². The average Bonchev–Trinajstić information content (AvgIpc) is 2.37. The highest BCUT2D eigenvalue weighted by atomic mass is 16.5. The molecule has 0 aliphatic heterocycles.